The molecule has 23 heavy (non-hydrogen) atoms. The van der Waals surface area contributed by atoms with E-state index in [0.717, 1.165) is 12.8 Å². The standard InChI is InChI=1S/C14H14F3N3O3/c15-14(16,17)12-18-10(20-23-12)8-1-3-9(4-2-8)11(22)19-13(7-21)5-6-13/h1-4,11,19,21-22H,5-7H2. The third-order valence-corrected chi connectivity index (χ3v) is 3.75. The lowest BCUT2D eigenvalue weighted by Gasteiger charge is -2.20. The monoisotopic (exact) mass is 329 g/mol. The summed E-state index contributed by atoms with van der Waals surface area (Å²) in [5.41, 5.74) is 0.421. The van der Waals surface area contributed by atoms with E-state index in [9.17, 15) is 23.4 Å². The van der Waals surface area contributed by atoms with Crippen LogP contribution in [0, 0.1) is 0 Å². The smallest absolute Gasteiger partial charge is 0.394 e. The molecule has 1 unspecified atom stereocenters. The van der Waals surface area contributed by atoms with Crippen molar-refractivity contribution in [1.82, 2.24) is 15.5 Å². The quantitative estimate of drug-likeness (QED) is 0.725. The first-order valence-corrected chi connectivity index (χ1v) is 6.91. The maximum atomic E-state index is 12.4. The number of hydrogen-bond acceptors (Lipinski definition) is 6. The average Bonchev–Trinajstić information content (AvgIpc) is 3.10. The minimum atomic E-state index is -4.69. The normalized spacial score (nSPS) is 18.0. The van der Waals surface area contributed by atoms with Crippen molar-refractivity contribution in [3.05, 3.63) is 35.7 Å². The number of rotatable bonds is 5. The lowest BCUT2D eigenvalue weighted by atomic mass is 10.1. The lowest BCUT2D eigenvalue weighted by molar-refractivity contribution is -0.159. The molecule has 3 rings (SSSR count). The Labute approximate surface area is 128 Å². The Bertz CT molecular complexity index is 681. The number of aliphatic hydroxyl groups excluding tert-OH is 2. The van der Waals surface area contributed by atoms with Gasteiger partial charge in [0.2, 0.25) is 5.82 Å². The van der Waals surface area contributed by atoms with Gasteiger partial charge in [0.25, 0.3) is 0 Å². The first-order valence-electron chi connectivity index (χ1n) is 6.91. The molecule has 3 N–H and O–H groups in total. The second-order valence-electron chi connectivity index (χ2n) is 5.53. The van der Waals surface area contributed by atoms with E-state index in [1.54, 1.807) is 12.1 Å². The molecular formula is C14H14F3N3O3. The Morgan fingerprint density at radius 1 is 1.26 bits per heavy atom. The van der Waals surface area contributed by atoms with E-state index in [-0.39, 0.29) is 12.4 Å². The summed E-state index contributed by atoms with van der Waals surface area (Å²) in [6.07, 6.45) is -4.10. The molecule has 1 heterocycles. The van der Waals surface area contributed by atoms with E-state index in [2.05, 4.69) is 20.0 Å². The number of aliphatic hydroxyl groups is 2. The van der Waals surface area contributed by atoms with Crippen LogP contribution < -0.4 is 5.32 Å². The van der Waals surface area contributed by atoms with E-state index < -0.39 is 23.8 Å². The summed E-state index contributed by atoms with van der Waals surface area (Å²) in [5, 5.41) is 25.5. The summed E-state index contributed by atoms with van der Waals surface area (Å²) in [5.74, 6) is -1.59. The second kappa shape index (κ2) is 5.59. The zero-order chi connectivity index (χ0) is 16.7. The number of alkyl halides is 3. The van der Waals surface area contributed by atoms with Gasteiger partial charge in [0.15, 0.2) is 0 Å². The molecule has 1 saturated carbocycles. The Morgan fingerprint density at radius 3 is 2.39 bits per heavy atom. The number of halogens is 3. The van der Waals surface area contributed by atoms with Crippen molar-refractivity contribution in [2.45, 2.75) is 30.8 Å². The molecule has 9 heteroatoms. The molecule has 1 fully saturated rings. The van der Waals surface area contributed by atoms with Crippen LogP contribution in [-0.4, -0.2) is 32.5 Å². The van der Waals surface area contributed by atoms with E-state index in [4.69, 9.17) is 0 Å². The summed E-state index contributed by atoms with van der Waals surface area (Å²) in [6, 6.07) is 6.07. The highest BCUT2D eigenvalue weighted by Gasteiger charge is 2.43. The first kappa shape index (κ1) is 15.9. The minimum Gasteiger partial charge on any atom is -0.394 e. The van der Waals surface area contributed by atoms with Gasteiger partial charge in [0, 0.05) is 11.1 Å². The largest absolute Gasteiger partial charge is 0.471 e. The Hall–Kier alpha value is -1.97. The fourth-order valence-electron chi connectivity index (χ4n) is 2.14. The first-order chi connectivity index (χ1) is 10.8. The molecule has 0 spiro atoms. The van der Waals surface area contributed by atoms with Gasteiger partial charge in [-0.15, -0.1) is 0 Å². The molecule has 2 aromatic rings. The molecule has 1 atom stereocenters. The summed E-state index contributed by atoms with van der Waals surface area (Å²) >= 11 is 0. The zero-order valence-electron chi connectivity index (χ0n) is 11.8. The highest BCUT2D eigenvalue weighted by Crippen LogP contribution is 2.36. The molecule has 0 amide bonds. The Morgan fingerprint density at radius 2 is 1.91 bits per heavy atom. The van der Waals surface area contributed by atoms with E-state index in [1.165, 1.54) is 12.1 Å². The summed E-state index contributed by atoms with van der Waals surface area (Å²) in [4.78, 5) is 3.30. The highest BCUT2D eigenvalue weighted by molar-refractivity contribution is 5.54. The van der Waals surface area contributed by atoms with Crippen LogP contribution in [0.15, 0.2) is 28.8 Å². The number of nitrogens with one attached hydrogen (secondary N) is 1. The van der Waals surface area contributed by atoms with Gasteiger partial charge in [-0.05, 0) is 18.4 Å². The molecule has 0 radical (unpaired) electrons. The molecule has 1 aromatic carbocycles. The van der Waals surface area contributed by atoms with E-state index in [1.807, 2.05) is 0 Å². The van der Waals surface area contributed by atoms with Crippen LogP contribution in [0.4, 0.5) is 13.2 Å². The van der Waals surface area contributed by atoms with Crippen LogP contribution in [-0.2, 0) is 6.18 Å². The van der Waals surface area contributed by atoms with Crippen molar-refractivity contribution in [3.63, 3.8) is 0 Å². The van der Waals surface area contributed by atoms with Gasteiger partial charge < -0.3 is 14.7 Å². The summed E-state index contributed by atoms with van der Waals surface area (Å²) in [7, 11) is 0. The third kappa shape index (κ3) is 3.36. The van der Waals surface area contributed by atoms with E-state index >= 15 is 0 Å². The molecule has 0 saturated heterocycles. The molecule has 0 bridgehead atoms. The van der Waals surface area contributed by atoms with Crippen molar-refractivity contribution in [2.75, 3.05) is 6.61 Å². The summed E-state index contributed by atoms with van der Waals surface area (Å²) in [6.45, 7) is -0.0643. The van der Waals surface area contributed by atoms with Crippen LogP contribution in [0.1, 0.15) is 30.5 Å². The van der Waals surface area contributed by atoms with Crippen LogP contribution in [0.25, 0.3) is 11.4 Å². The highest BCUT2D eigenvalue weighted by atomic mass is 19.4. The zero-order valence-corrected chi connectivity index (χ0v) is 11.8. The number of nitrogens with zero attached hydrogens (tertiary/aromatic N) is 2. The molecule has 0 aliphatic heterocycles. The SMILES string of the molecule is OCC1(NC(O)c2ccc(-c3noc(C(F)(F)F)n3)cc2)CC1. The predicted octanol–water partition coefficient (Wildman–Crippen LogP) is 1.86. The number of benzene rings is 1. The van der Waals surface area contributed by atoms with Gasteiger partial charge in [-0.2, -0.15) is 18.2 Å². The second-order valence-corrected chi connectivity index (χ2v) is 5.53. The fourth-order valence-corrected chi connectivity index (χ4v) is 2.14. The van der Waals surface area contributed by atoms with Gasteiger partial charge in [0.05, 0.1) is 6.61 Å². The van der Waals surface area contributed by atoms with Gasteiger partial charge in [-0.1, -0.05) is 29.4 Å². The molecule has 1 aromatic heterocycles. The van der Waals surface area contributed by atoms with Gasteiger partial charge in [-0.3, -0.25) is 5.32 Å². The van der Waals surface area contributed by atoms with E-state index in [0.29, 0.717) is 11.1 Å². The van der Waals surface area contributed by atoms with Gasteiger partial charge in [0.1, 0.15) is 6.23 Å². The van der Waals surface area contributed by atoms with Crippen LogP contribution >= 0.6 is 0 Å². The van der Waals surface area contributed by atoms with Gasteiger partial charge >= 0.3 is 12.1 Å². The average molecular weight is 329 g/mol. The van der Waals surface area contributed by atoms with Crippen molar-refractivity contribution >= 4 is 0 Å². The molecular weight excluding hydrogens is 315 g/mol. The molecule has 1 aliphatic rings. The van der Waals surface area contributed by atoms with Crippen LogP contribution in [0.3, 0.4) is 0 Å². The van der Waals surface area contributed by atoms with Crippen molar-refractivity contribution in [2.24, 2.45) is 0 Å². The Balaban J connectivity index is 1.73. The number of aromatic nitrogens is 2. The topological polar surface area (TPSA) is 91.4 Å². The molecule has 124 valence electrons. The maximum Gasteiger partial charge on any atom is 0.471 e. The predicted molar refractivity (Wildman–Crippen MR) is 71.9 cm³/mol. The minimum absolute atomic E-state index is 0.0643. The fraction of sp³-hybridized carbons (Fsp3) is 0.429. The molecule has 6 nitrogen and oxygen atoms in total. The van der Waals surface area contributed by atoms with Crippen LogP contribution in [0.2, 0.25) is 0 Å². The van der Waals surface area contributed by atoms with Gasteiger partial charge in [-0.25, -0.2) is 0 Å². The van der Waals surface area contributed by atoms with Crippen molar-refractivity contribution < 1.29 is 27.9 Å². The lowest BCUT2D eigenvalue weighted by Crippen LogP contribution is -2.37. The molecule has 1 aliphatic carbocycles. The Kier molecular flexibility index (Phi) is 3.86. The maximum absolute atomic E-state index is 12.4. The van der Waals surface area contributed by atoms with Crippen molar-refractivity contribution in [3.8, 4) is 11.4 Å². The van der Waals surface area contributed by atoms with Crippen LogP contribution in [0.5, 0.6) is 0 Å². The van der Waals surface area contributed by atoms with Crippen molar-refractivity contribution in [1.29, 1.82) is 0 Å². The number of hydrogen-bond donors (Lipinski definition) is 3. The third-order valence-electron chi connectivity index (χ3n) is 3.75. The summed E-state index contributed by atoms with van der Waals surface area (Å²) < 4.78 is 41.5.